The molecule has 0 aliphatic rings. The Labute approximate surface area is 112 Å². The van der Waals surface area contributed by atoms with E-state index < -0.39 is 11.8 Å². The first-order valence-electron chi connectivity index (χ1n) is 6.28. The number of carbonyl (C=O) groups excluding carboxylic acids is 1. The van der Waals surface area contributed by atoms with Crippen LogP contribution in [-0.2, 0) is 0 Å². The van der Waals surface area contributed by atoms with Gasteiger partial charge in [-0.15, -0.1) is 10.2 Å². The van der Waals surface area contributed by atoms with Crippen molar-refractivity contribution < 1.29 is 10.9 Å². The van der Waals surface area contributed by atoms with Crippen LogP contribution in [0.3, 0.4) is 0 Å². The van der Waals surface area contributed by atoms with Gasteiger partial charge in [-0.25, -0.2) is 0 Å². The summed E-state index contributed by atoms with van der Waals surface area (Å²) in [4.78, 5) is 10.9. The van der Waals surface area contributed by atoms with Crippen LogP contribution in [0.5, 0.6) is 11.6 Å². The van der Waals surface area contributed by atoms with Gasteiger partial charge in [0.15, 0.2) is 5.69 Å². The van der Waals surface area contributed by atoms with Gasteiger partial charge in [0.2, 0.25) is 5.88 Å². The number of aromatic nitrogens is 2. The number of ether oxygens (including phenoxy) is 1. The molecule has 0 unspecified atom stereocenters. The first-order valence-corrected chi connectivity index (χ1v) is 5.78. The summed E-state index contributed by atoms with van der Waals surface area (Å²) in [7, 11) is 0. The molecule has 0 spiro atoms. The molecule has 0 radical (unpaired) electrons. The smallest absolute Gasteiger partial charge is 0.269 e. The average Bonchev–Trinajstić information content (AvgIpc) is 2.39. The molecule has 2 N–H and O–H groups in total. The van der Waals surface area contributed by atoms with Gasteiger partial charge < -0.3 is 10.5 Å². The largest absolute Gasteiger partial charge is 0.438 e. The van der Waals surface area contributed by atoms with Crippen LogP contribution in [0.2, 0.25) is 0 Å². The summed E-state index contributed by atoms with van der Waals surface area (Å²) < 4.78 is 13.4. The third kappa shape index (κ3) is 3.28. The minimum absolute atomic E-state index is 0.0867. The number of primary amides is 1. The zero-order valence-electron chi connectivity index (χ0n) is 11.8. The van der Waals surface area contributed by atoms with Crippen molar-refractivity contribution in [2.45, 2.75) is 19.7 Å². The Morgan fingerprint density at radius 1 is 1.21 bits per heavy atom. The molecule has 19 heavy (non-hydrogen) atoms. The molecule has 5 nitrogen and oxygen atoms in total. The van der Waals surface area contributed by atoms with E-state index in [1.807, 2.05) is 26.0 Å². The van der Waals surface area contributed by atoms with E-state index in [0.29, 0.717) is 5.75 Å². The Kier molecular flexibility index (Phi) is 3.36. The third-order valence-electron chi connectivity index (χ3n) is 2.55. The van der Waals surface area contributed by atoms with E-state index in [0.717, 1.165) is 5.56 Å². The maximum atomic E-state index is 10.9. The van der Waals surface area contributed by atoms with E-state index in [-0.39, 0.29) is 11.6 Å². The summed E-state index contributed by atoms with van der Waals surface area (Å²) in [5.41, 5.74) is 6.05. The van der Waals surface area contributed by atoms with Gasteiger partial charge in [0.25, 0.3) is 5.91 Å². The van der Waals surface area contributed by atoms with Crippen molar-refractivity contribution in [2.24, 2.45) is 5.73 Å². The Morgan fingerprint density at radius 3 is 2.37 bits per heavy atom. The normalized spacial score (nSPS) is 11.8. The number of hydrogen-bond acceptors (Lipinski definition) is 4. The highest BCUT2D eigenvalue weighted by Crippen LogP contribution is 2.22. The summed E-state index contributed by atoms with van der Waals surface area (Å²) in [6.45, 7) is 3.63. The van der Waals surface area contributed by atoms with Crippen LogP contribution in [0, 0.1) is 0 Å². The second-order valence-corrected chi connectivity index (χ2v) is 4.25. The highest BCUT2D eigenvalue weighted by atomic mass is 16.5. The highest BCUT2D eigenvalue weighted by Gasteiger charge is 2.05. The molecule has 0 fully saturated rings. The molecule has 1 amide bonds. The molecule has 2 rings (SSSR count). The number of amides is 1. The van der Waals surface area contributed by atoms with Crippen LogP contribution < -0.4 is 10.5 Å². The van der Waals surface area contributed by atoms with Gasteiger partial charge in [-0.2, -0.15) is 0 Å². The lowest BCUT2D eigenvalue weighted by molar-refractivity contribution is 0.0994. The molecule has 5 heteroatoms. The highest BCUT2D eigenvalue weighted by molar-refractivity contribution is 5.90. The maximum absolute atomic E-state index is 10.9. The quantitative estimate of drug-likeness (QED) is 0.913. The molecule has 0 atom stereocenters. The van der Waals surface area contributed by atoms with E-state index in [4.69, 9.17) is 11.8 Å². The van der Waals surface area contributed by atoms with Crippen LogP contribution >= 0.6 is 0 Å². The van der Waals surface area contributed by atoms with Crippen molar-refractivity contribution in [3.05, 3.63) is 47.7 Å². The van der Waals surface area contributed by atoms with E-state index >= 15 is 0 Å². The molecule has 98 valence electrons. The van der Waals surface area contributed by atoms with E-state index in [9.17, 15) is 4.79 Å². The SMILES string of the molecule is [2H]C(C)(C)c1ccc(Oc2ccc(C(N)=O)nn2)cc1. The number of carbonyl (C=O) groups is 1. The molecule has 0 bridgehead atoms. The Morgan fingerprint density at radius 2 is 1.89 bits per heavy atom. The Hall–Kier alpha value is -2.43. The summed E-state index contributed by atoms with van der Waals surface area (Å²) >= 11 is 0. The minimum atomic E-state index is -0.651. The van der Waals surface area contributed by atoms with Crippen molar-refractivity contribution in [1.82, 2.24) is 10.2 Å². The number of rotatable bonds is 4. The molecular formula is C14H15N3O2. The summed E-state index contributed by atoms with van der Waals surface area (Å²) in [6, 6.07) is 10.1. The predicted octanol–water partition coefficient (Wildman–Crippen LogP) is 2.49. The fourth-order valence-corrected chi connectivity index (χ4v) is 1.48. The van der Waals surface area contributed by atoms with E-state index in [2.05, 4.69) is 10.2 Å². The molecular weight excluding hydrogens is 242 g/mol. The van der Waals surface area contributed by atoms with Gasteiger partial charge in [0.1, 0.15) is 5.75 Å². The summed E-state index contributed by atoms with van der Waals surface area (Å²) in [5.74, 6) is -0.431. The third-order valence-corrected chi connectivity index (χ3v) is 2.55. The Balaban J connectivity index is 2.12. The Bertz CT molecular complexity index is 604. The number of nitrogens with zero attached hydrogens (tertiary/aromatic N) is 2. The van der Waals surface area contributed by atoms with Crippen molar-refractivity contribution in [3.8, 4) is 11.6 Å². The number of hydrogen-bond donors (Lipinski definition) is 1. The van der Waals surface area contributed by atoms with Crippen LogP contribution in [0.25, 0.3) is 0 Å². The molecule has 2 aromatic rings. The van der Waals surface area contributed by atoms with Gasteiger partial charge in [0, 0.05) is 7.44 Å². The first kappa shape index (κ1) is 11.6. The molecule has 1 aromatic heterocycles. The summed E-state index contributed by atoms with van der Waals surface area (Å²) in [6.07, 6.45) is 0. The van der Waals surface area contributed by atoms with Crippen molar-refractivity contribution in [3.63, 3.8) is 0 Å². The van der Waals surface area contributed by atoms with Gasteiger partial charge in [-0.3, -0.25) is 4.79 Å². The molecule has 0 aliphatic carbocycles. The molecule has 0 saturated heterocycles. The fourth-order valence-electron chi connectivity index (χ4n) is 1.48. The molecule has 1 heterocycles. The maximum Gasteiger partial charge on any atom is 0.269 e. The lowest BCUT2D eigenvalue weighted by atomic mass is 10.0. The van der Waals surface area contributed by atoms with E-state index in [1.54, 1.807) is 12.1 Å². The number of benzene rings is 1. The van der Waals surface area contributed by atoms with E-state index in [1.165, 1.54) is 12.1 Å². The zero-order chi connectivity index (χ0) is 14.8. The first-order chi connectivity index (χ1) is 9.36. The average molecular weight is 258 g/mol. The standard InChI is InChI=1S/C14H15N3O2/c1-9(2)10-3-5-11(6-4-10)19-13-8-7-12(14(15)18)16-17-13/h3-9H,1-2H3,(H2,15,18)/i9D. The number of nitrogens with two attached hydrogens (primary N) is 1. The van der Waals surface area contributed by atoms with Crippen molar-refractivity contribution >= 4 is 5.91 Å². The molecule has 0 aliphatic heterocycles. The second kappa shape index (κ2) is 5.48. The van der Waals surface area contributed by atoms with Crippen molar-refractivity contribution in [1.29, 1.82) is 0 Å². The molecule has 0 saturated carbocycles. The van der Waals surface area contributed by atoms with Crippen LogP contribution in [0.4, 0.5) is 0 Å². The van der Waals surface area contributed by atoms with Gasteiger partial charge >= 0.3 is 0 Å². The topological polar surface area (TPSA) is 78.1 Å². The zero-order valence-corrected chi connectivity index (χ0v) is 10.8. The molecule has 1 aromatic carbocycles. The minimum Gasteiger partial charge on any atom is -0.438 e. The fraction of sp³-hybridized carbons (Fsp3) is 0.214. The van der Waals surface area contributed by atoms with Gasteiger partial charge in [-0.1, -0.05) is 26.0 Å². The van der Waals surface area contributed by atoms with Crippen LogP contribution in [-0.4, -0.2) is 16.1 Å². The van der Waals surface area contributed by atoms with Crippen LogP contribution in [0.1, 0.15) is 37.2 Å². The van der Waals surface area contributed by atoms with Crippen molar-refractivity contribution in [2.75, 3.05) is 0 Å². The van der Waals surface area contributed by atoms with Gasteiger partial charge in [0.05, 0.1) is 0 Å². The van der Waals surface area contributed by atoms with Gasteiger partial charge in [-0.05, 0) is 29.7 Å². The predicted molar refractivity (Wildman–Crippen MR) is 71.2 cm³/mol. The summed E-state index contributed by atoms with van der Waals surface area (Å²) in [5, 5.41) is 7.41. The monoisotopic (exact) mass is 258 g/mol. The lowest BCUT2D eigenvalue weighted by Gasteiger charge is -2.07. The second-order valence-electron chi connectivity index (χ2n) is 4.25. The van der Waals surface area contributed by atoms with Crippen LogP contribution in [0.15, 0.2) is 36.4 Å². The lowest BCUT2D eigenvalue weighted by Crippen LogP contribution is -2.13.